The van der Waals surface area contributed by atoms with E-state index in [1.165, 1.54) is 21.3 Å². The maximum Gasteiger partial charge on any atom is 0.237 e. The molecule has 10 heteroatoms. The Labute approximate surface area is 158 Å². The fourth-order valence-electron chi connectivity index (χ4n) is 3.45. The molecular weight excluding hydrogens is 374 g/mol. The third-order valence-electron chi connectivity index (χ3n) is 4.95. The molecule has 0 radical (unpaired) electrons. The van der Waals surface area contributed by atoms with Crippen LogP contribution in [-0.2, 0) is 26.1 Å². The zero-order valence-corrected chi connectivity index (χ0v) is 16.2. The first kappa shape index (κ1) is 19.9. The van der Waals surface area contributed by atoms with Gasteiger partial charge in [-0.05, 0) is 17.7 Å². The van der Waals surface area contributed by atoms with Crippen molar-refractivity contribution in [1.82, 2.24) is 14.1 Å². The van der Waals surface area contributed by atoms with Crippen LogP contribution in [0.1, 0.15) is 5.56 Å². The van der Waals surface area contributed by atoms with Crippen molar-refractivity contribution in [2.45, 2.75) is 18.7 Å². The van der Waals surface area contributed by atoms with Gasteiger partial charge in [0.05, 0.1) is 31.1 Å². The maximum atomic E-state index is 12.6. The largest absolute Gasteiger partial charge is 0.504 e. The summed E-state index contributed by atoms with van der Waals surface area (Å²) in [4.78, 5) is 15.6. The highest BCUT2D eigenvalue weighted by molar-refractivity contribution is 7.89. The second-order valence-electron chi connectivity index (χ2n) is 7.14. The van der Waals surface area contributed by atoms with E-state index in [1.54, 1.807) is 20.2 Å². The van der Waals surface area contributed by atoms with Crippen molar-refractivity contribution in [3.63, 3.8) is 0 Å². The molecule has 1 amide bonds. The molecule has 2 aliphatic heterocycles. The highest BCUT2D eigenvalue weighted by Crippen LogP contribution is 2.29. The number of phenolic OH excluding ortho intramolecular Hbond substituents is 2. The van der Waals surface area contributed by atoms with Crippen LogP contribution in [0.4, 0.5) is 0 Å². The number of phenols is 2. The van der Waals surface area contributed by atoms with E-state index in [0.717, 1.165) is 5.56 Å². The van der Waals surface area contributed by atoms with Crippen LogP contribution in [0.25, 0.3) is 0 Å². The van der Waals surface area contributed by atoms with E-state index in [1.807, 2.05) is 4.90 Å². The number of likely N-dealkylation sites (tertiary alicyclic amines) is 1. The number of sulfonamides is 1. The van der Waals surface area contributed by atoms with E-state index in [0.29, 0.717) is 19.6 Å². The average molecular weight is 399 g/mol. The van der Waals surface area contributed by atoms with Crippen LogP contribution in [0.15, 0.2) is 18.2 Å². The second kappa shape index (κ2) is 7.63. The number of hydrogen-bond donors (Lipinski definition) is 2. The molecule has 0 aliphatic carbocycles. The summed E-state index contributed by atoms with van der Waals surface area (Å²) in [6, 6.07) is 4.16. The summed E-state index contributed by atoms with van der Waals surface area (Å²) in [5, 5.41) is 19.1. The summed E-state index contributed by atoms with van der Waals surface area (Å²) < 4.78 is 32.3. The Morgan fingerprint density at radius 3 is 2.67 bits per heavy atom. The molecule has 2 aliphatic rings. The molecule has 1 aromatic carbocycles. The van der Waals surface area contributed by atoms with Crippen molar-refractivity contribution in [1.29, 1.82) is 0 Å². The van der Waals surface area contributed by atoms with Crippen LogP contribution in [0, 0.1) is 0 Å². The van der Waals surface area contributed by atoms with E-state index in [9.17, 15) is 23.4 Å². The highest BCUT2D eigenvalue weighted by Gasteiger charge is 2.45. The minimum Gasteiger partial charge on any atom is -0.504 e. The molecule has 3 rings (SSSR count). The lowest BCUT2D eigenvalue weighted by Crippen LogP contribution is -2.50. The van der Waals surface area contributed by atoms with Gasteiger partial charge in [0.25, 0.3) is 0 Å². The monoisotopic (exact) mass is 399 g/mol. The van der Waals surface area contributed by atoms with Crippen LogP contribution in [0.5, 0.6) is 11.5 Å². The SMILES string of the molecule is CN(C)C(=O)CN1[C@@H]2CN(Cc3ccc(O)c(O)c3)C[C@@H]2OCCS1(=O)=O. The molecule has 150 valence electrons. The Bertz CT molecular complexity index is 813. The summed E-state index contributed by atoms with van der Waals surface area (Å²) >= 11 is 0. The lowest BCUT2D eigenvalue weighted by atomic mass is 10.2. The molecule has 2 atom stereocenters. The van der Waals surface area contributed by atoms with Gasteiger partial charge in [0.15, 0.2) is 11.5 Å². The zero-order chi connectivity index (χ0) is 19.8. The number of fused-ring (bicyclic) bond motifs is 1. The van der Waals surface area contributed by atoms with Gasteiger partial charge in [0.2, 0.25) is 15.9 Å². The maximum absolute atomic E-state index is 12.6. The number of nitrogens with zero attached hydrogens (tertiary/aromatic N) is 3. The molecule has 27 heavy (non-hydrogen) atoms. The van der Waals surface area contributed by atoms with Gasteiger partial charge in [-0.15, -0.1) is 0 Å². The predicted molar refractivity (Wildman–Crippen MR) is 97.8 cm³/mol. The molecular formula is C17H25N3O6S. The normalized spacial score (nSPS) is 25.7. The van der Waals surface area contributed by atoms with Gasteiger partial charge in [0, 0.05) is 33.7 Å². The van der Waals surface area contributed by atoms with Gasteiger partial charge in [-0.25, -0.2) is 8.42 Å². The van der Waals surface area contributed by atoms with Crippen molar-refractivity contribution in [2.24, 2.45) is 0 Å². The van der Waals surface area contributed by atoms with Crippen LogP contribution in [0.2, 0.25) is 0 Å². The van der Waals surface area contributed by atoms with Gasteiger partial charge in [-0.3, -0.25) is 9.69 Å². The first-order valence-corrected chi connectivity index (χ1v) is 10.3. The van der Waals surface area contributed by atoms with Crippen molar-refractivity contribution >= 4 is 15.9 Å². The third kappa shape index (κ3) is 4.34. The van der Waals surface area contributed by atoms with Crippen molar-refractivity contribution < 1.29 is 28.2 Å². The number of likely N-dealkylation sites (N-methyl/N-ethyl adjacent to an activating group) is 1. The van der Waals surface area contributed by atoms with Crippen molar-refractivity contribution in [2.75, 3.05) is 46.1 Å². The lowest BCUT2D eigenvalue weighted by molar-refractivity contribution is -0.129. The van der Waals surface area contributed by atoms with Gasteiger partial charge in [0.1, 0.15) is 0 Å². The minimum atomic E-state index is -3.59. The van der Waals surface area contributed by atoms with Gasteiger partial charge < -0.3 is 19.8 Å². The Morgan fingerprint density at radius 2 is 2.00 bits per heavy atom. The molecule has 0 saturated carbocycles. The van der Waals surface area contributed by atoms with Crippen LogP contribution < -0.4 is 0 Å². The third-order valence-corrected chi connectivity index (χ3v) is 6.75. The van der Waals surface area contributed by atoms with Gasteiger partial charge >= 0.3 is 0 Å². The number of aromatic hydroxyl groups is 2. The molecule has 0 aromatic heterocycles. The summed E-state index contributed by atoms with van der Waals surface area (Å²) in [7, 11) is -0.398. The standard InChI is InChI=1S/C17H25N3O6S/c1-18(2)17(23)11-20-13-9-19(8-12-3-4-14(21)15(22)7-12)10-16(13)26-5-6-27(20,24)25/h3-4,7,13,16,21-22H,5-6,8-11H2,1-2H3/t13-,16+/m1/s1. The number of rotatable bonds is 4. The van der Waals surface area contributed by atoms with Crippen LogP contribution in [-0.4, -0.2) is 96.9 Å². The molecule has 1 aromatic rings. The number of carbonyl (C=O) groups is 1. The first-order valence-electron chi connectivity index (χ1n) is 8.72. The summed E-state index contributed by atoms with van der Waals surface area (Å²) in [6.07, 6.45) is -0.317. The van der Waals surface area contributed by atoms with Crippen LogP contribution >= 0.6 is 0 Å². The molecule has 0 spiro atoms. The average Bonchev–Trinajstić information content (AvgIpc) is 2.92. The summed E-state index contributed by atoms with van der Waals surface area (Å²) in [6.45, 7) is 1.32. The molecule has 2 fully saturated rings. The highest BCUT2D eigenvalue weighted by atomic mass is 32.2. The first-order chi connectivity index (χ1) is 12.7. The summed E-state index contributed by atoms with van der Waals surface area (Å²) in [5.41, 5.74) is 0.792. The molecule has 2 N–H and O–H groups in total. The number of hydrogen-bond acceptors (Lipinski definition) is 7. The Balaban J connectivity index is 1.78. The van der Waals surface area contributed by atoms with Crippen LogP contribution in [0.3, 0.4) is 0 Å². The predicted octanol–water partition coefficient (Wildman–Crippen LogP) is -0.599. The molecule has 0 bridgehead atoms. The zero-order valence-electron chi connectivity index (χ0n) is 15.4. The van der Waals surface area contributed by atoms with E-state index in [-0.39, 0.29) is 42.4 Å². The minimum absolute atomic E-state index is 0.101. The van der Waals surface area contributed by atoms with E-state index < -0.39 is 16.1 Å². The molecule has 2 saturated heterocycles. The number of benzene rings is 1. The van der Waals surface area contributed by atoms with E-state index >= 15 is 0 Å². The Morgan fingerprint density at radius 1 is 1.26 bits per heavy atom. The molecule has 2 heterocycles. The molecule has 9 nitrogen and oxygen atoms in total. The topological polar surface area (TPSA) is 111 Å². The van der Waals surface area contributed by atoms with Crippen molar-refractivity contribution in [3.05, 3.63) is 23.8 Å². The fourth-order valence-corrected chi connectivity index (χ4v) is 4.91. The van der Waals surface area contributed by atoms with Gasteiger partial charge in [-0.1, -0.05) is 6.07 Å². The molecule has 0 unspecified atom stereocenters. The fraction of sp³-hybridized carbons (Fsp3) is 0.588. The van der Waals surface area contributed by atoms with Crippen molar-refractivity contribution in [3.8, 4) is 11.5 Å². The number of amides is 1. The number of carbonyl (C=O) groups excluding carboxylic acids is 1. The Kier molecular flexibility index (Phi) is 5.61. The van der Waals surface area contributed by atoms with Gasteiger partial charge in [-0.2, -0.15) is 4.31 Å². The second-order valence-corrected chi connectivity index (χ2v) is 9.18. The smallest absolute Gasteiger partial charge is 0.237 e. The number of ether oxygens (including phenoxy) is 1. The van der Waals surface area contributed by atoms with E-state index in [4.69, 9.17) is 4.74 Å². The lowest BCUT2D eigenvalue weighted by Gasteiger charge is -2.28. The van der Waals surface area contributed by atoms with E-state index in [2.05, 4.69) is 0 Å². The summed E-state index contributed by atoms with van der Waals surface area (Å²) in [5.74, 6) is -0.792. The Hall–Kier alpha value is -1.88. The quantitative estimate of drug-likeness (QED) is 0.651.